The Morgan fingerprint density at radius 1 is 0.333 bits per heavy atom. The molecular weight excluding hydrogens is 312 g/mol. The summed E-state index contributed by atoms with van der Waals surface area (Å²) in [5, 5.41) is 0. The molecule has 0 radical (unpaired) electrons. The van der Waals surface area contributed by atoms with Gasteiger partial charge in [-0.25, -0.2) is 0 Å². The first-order valence-corrected chi connectivity index (χ1v) is 0. The van der Waals surface area contributed by atoms with Crippen LogP contribution in [0.25, 0.3) is 0 Å². The van der Waals surface area contributed by atoms with Crippen molar-refractivity contribution in [1.82, 2.24) is 0 Å². The first-order valence-electron chi connectivity index (χ1n) is 0. The zero-order chi connectivity index (χ0) is 0. The summed E-state index contributed by atoms with van der Waals surface area (Å²) in [6, 6.07) is 0. The van der Waals surface area contributed by atoms with Crippen molar-refractivity contribution in [3.8, 4) is 0 Å². The van der Waals surface area contributed by atoms with Gasteiger partial charge in [-0.15, -0.1) is 0 Å². The van der Waals surface area contributed by atoms with E-state index >= 15 is 0 Å². The Morgan fingerprint density at radius 2 is 0.333 bits per heavy atom. The smallest absolute Gasteiger partial charge is 2.00 e. The third kappa shape index (κ3) is 50.9. The van der Waals surface area contributed by atoms with Gasteiger partial charge in [0.25, 0.3) is 0 Å². The van der Waals surface area contributed by atoms with Crippen LogP contribution in [-0.2, 0) is 48.1 Å². The Hall–Kier alpha value is 7.27. The Labute approximate surface area is 244 Å². The quantitative estimate of drug-likeness (QED) is 0.395. The van der Waals surface area contributed by atoms with Crippen LogP contribution in [0.1, 0.15) is 0 Å². The molecule has 0 heterocycles. The van der Waals surface area contributed by atoms with E-state index < -0.39 is 0 Å². The molecule has 0 saturated carbocycles. The van der Waals surface area contributed by atoms with Crippen molar-refractivity contribution in [3.63, 3.8) is 0 Å². The van der Waals surface area contributed by atoms with Crippen LogP contribution in [0.15, 0.2) is 0 Å². The van der Waals surface area contributed by atoms with E-state index in [0.29, 0.717) is 0 Å². The van der Waals surface area contributed by atoms with Crippen molar-refractivity contribution in [3.05, 3.63) is 0 Å². The Morgan fingerprint density at radius 3 is 0.333 bits per heavy atom. The van der Waals surface area contributed by atoms with Gasteiger partial charge in [0.15, 0.2) is 0 Å². The van der Waals surface area contributed by atoms with Gasteiger partial charge in [-0.05, 0) is 0 Å². The van der Waals surface area contributed by atoms with Crippen molar-refractivity contribution in [2.45, 2.75) is 0 Å². The van der Waals surface area contributed by atoms with Crippen LogP contribution in [-0.4, -0.2) is 0 Å². The van der Waals surface area contributed by atoms with E-state index in [4.69, 9.17) is 0 Å². The summed E-state index contributed by atoms with van der Waals surface area (Å²) >= 11 is 0. The largest absolute Gasteiger partial charge is 4.00 e. The van der Waals surface area contributed by atoms with E-state index in [1.54, 1.807) is 0 Å². The third-order valence-corrected chi connectivity index (χ3v) is 0. The topological polar surface area (TPSA) is 114 Å². The van der Waals surface area contributed by atoms with Crippen LogP contribution in [0, 0.1) is 0 Å². The van der Waals surface area contributed by atoms with E-state index in [-0.39, 0.29) is 254 Å². The van der Waals surface area contributed by atoms with E-state index in [2.05, 4.69) is 0 Å². The van der Waals surface area contributed by atoms with Crippen LogP contribution in [0.4, 0.5) is 0 Å². The van der Waals surface area contributed by atoms with Gasteiger partial charge in [0.2, 0.25) is 0 Å². The Kier molecular flexibility index (Phi) is 469. The number of hydrogen-bond donors (Lipinski definition) is 0. The predicted molar refractivity (Wildman–Crippen MR) is 2.75 cm³/mol. The fourth-order valence-corrected chi connectivity index (χ4v) is 0. The number of hydrogen-bond acceptors (Lipinski definition) is 0. The predicted octanol–water partition coefficient (Wildman–Crippen LogP) is -12.5. The second-order valence-corrected chi connectivity index (χ2v) is 0. The van der Waals surface area contributed by atoms with Crippen molar-refractivity contribution in [2.75, 3.05) is 0 Å². The third-order valence-electron chi connectivity index (χ3n) is 0. The molecule has 0 amide bonds. The molecule has 32 valence electrons. The molecular formula is K4O4Zr. The SMILES string of the molecule is [K+].[K+].[K+].[K+].[O-2].[O-2].[O-2].[O-2].[Zr+4]. The van der Waals surface area contributed by atoms with Crippen LogP contribution in [0.2, 0.25) is 0 Å². The molecule has 0 bridgehead atoms. The molecule has 0 aromatic heterocycles. The van der Waals surface area contributed by atoms with Gasteiger partial charge in [0.05, 0.1) is 0 Å². The molecule has 0 aliphatic rings. The maximum absolute atomic E-state index is 0. The van der Waals surface area contributed by atoms with E-state index in [9.17, 15) is 0 Å². The van der Waals surface area contributed by atoms with Crippen LogP contribution < -0.4 is 206 Å². The van der Waals surface area contributed by atoms with Gasteiger partial charge in [-0.3, -0.25) is 0 Å². The zero-order valence-electron chi connectivity index (χ0n) is 6.13. The van der Waals surface area contributed by atoms with Gasteiger partial charge in [-0.2, -0.15) is 0 Å². The average Bonchev–Trinajstić information content (AvgIpc) is 0. The van der Waals surface area contributed by atoms with Gasteiger partial charge in [0, 0.05) is 0 Å². The molecule has 4 nitrogen and oxygen atoms in total. The van der Waals surface area contributed by atoms with Crippen molar-refractivity contribution >= 4 is 0 Å². The van der Waals surface area contributed by atoms with Crippen molar-refractivity contribution < 1.29 is 254 Å². The van der Waals surface area contributed by atoms with Crippen LogP contribution >= 0.6 is 0 Å². The molecule has 0 aromatic carbocycles. The summed E-state index contributed by atoms with van der Waals surface area (Å²) in [5.74, 6) is 0. The second-order valence-electron chi connectivity index (χ2n) is 0. The summed E-state index contributed by atoms with van der Waals surface area (Å²) in [6.07, 6.45) is 0. The number of rotatable bonds is 0. The molecule has 9 heavy (non-hydrogen) atoms. The van der Waals surface area contributed by atoms with E-state index in [1.165, 1.54) is 0 Å². The molecule has 0 aromatic rings. The molecule has 0 spiro atoms. The first kappa shape index (κ1) is 71.8. The first-order chi connectivity index (χ1) is 0. The fourth-order valence-electron chi connectivity index (χ4n) is 0. The minimum atomic E-state index is 0. The molecule has 0 atom stereocenters. The van der Waals surface area contributed by atoms with Gasteiger partial charge in [0.1, 0.15) is 0 Å². The molecule has 0 saturated heterocycles. The van der Waals surface area contributed by atoms with Crippen LogP contribution in [0.5, 0.6) is 0 Å². The van der Waals surface area contributed by atoms with Gasteiger partial charge >= 0.3 is 232 Å². The molecule has 0 unspecified atom stereocenters. The molecule has 0 fully saturated rings. The molecule has 0 aliphatic carbocycles. The van der Waals surface area contributed by atoms with Gasteiger partial charge in [-0.1, -0.05) is 0 Å². The summed E-state index contributed by atoms with van der Waals surface area (Å²) < 4.78 is 0. The Balaban J connectivity index is 0. The second kappa shape index (κ2) is 58.8. The normalized spacial score (nSPS) is 0. The fraction of sp³-hybridized carbons (Fsp3) is 0. The zero-order valence-corrected chi connectivity index (χ0v) is 21.1. The molecule has 0 N–H and O–H groups in total. The molecule has 0 rings (SSSR count). The van der Waals surface area contributed by atoms with Crippen molar-refractivity contribution in [1.29, 1.82) is 0 Å². The van der Waals surface area contributed by atoms with Gasteiger partial charge < -0.3 is 21.9 Å². The minimum absolute atomic E-state index is 0. The summed E-state index contributed by atoms with van der Waals surface area (Å²) in [7, 11) is 0. The standard InChI is InChI=1S/4K.4O.Zr/q4*+1;4*-2;+4. The maximum atomic E-state index is 0. The Bertz CT molecular complexity index is 12.5. The summed E-state index contributed by atoms with van der Waals surface area (Å²) in [5.41, 5.74) is 0. The minimum Gasteiger partial charge on any atom is -2.00 e. The average molecular weight is 312 g/mol. The van der Waals surface area contributed by atoms with E-state index in [1.807, 2.05) is 0 Å². The maximum Gasteiger partial charge on any atom is 4.00 e. The van der Waals surface area contributed by atoms with Crippen LogP contribution in [0.3, 0.4) is 0 Å². The summed E-state index contributed by atoms with van der Waals surface area (Å²) in [6.45, 7) is 0. The molecule has 9 heteroatoms. The summed E-state index contributed by atoms with van der Waals surface area (Å²) in [4.78, 5) is 0. The van der Waals surface area contributed by atoms with E-state index in [0.717, 1.165) is 0 Å². The van der Waals surface area contributed by atoms with Crippen molar-refractivity contribution in [2.24, 2.45) is 0 Å². The molecule has 0 aliphatic heterocycles. The monoisotopic (exact) mass is 310 g/mol.